The molecule has 0 spiro atoms. The fraction of sp³-hybridized carbons (Fsp3) is 0.647. The molecule has 1 fully saturated rings. The fourth-order valence-corrected chi connectivity index (χ4v) is 3.40. The second-order valence-corrected chi connectivity index (χ2v) is 5.74. The summed E-state index contributed by atoms with van der Waals surface area (Å²) in [6, 6.07) is 9.55. The van der Waals surface area contributed by atoms with Crippen molar-refractivity contribution in [1.82, 2.24) is 4.90 Å². The predicted octanol–water partition coefficient (Wildman–Crippen LogP) is 3.35. The maximum absolute atomic E-state index is 6.46. The van der Waals surface area contributed by atoms with Crippen LogP contribution in [0.3, 0.4) is 0 Å². The predicted molar refractivity (Wildman–Crippen MR) is 84.0 cm³/mol. The molecule has 2 rings (SSSR count). The summed E-state index contributed by atoms with van der Waals surface area (Å²) in [6.45, 7) is 5.62. The fourth-order valence-electron chi connectivity index (χ4n) is 3.40. The summed E-state index contributed by atoms with van der Waals surface area (Å²) in [7, 11) is 1.72. The van der Waals surface area contributed by atoms with Crippen LogP contribution in [0.5, 0.6) is 5.75 Å². The van der Waals surface area contributed by atoms with Crippen molar-refractivity contribution in [1.29, 1.82) is 0 Å². The Kier molecular flexibility index (Phi) is 5.44. The number of hydrogen-bond acceptors (Lipinski definition) is 3. The van der Waals surface area contributed by atoms with Crippen molar-refractivity contribution in [2.75, 3.05) is 13.7 Å². The van der Waals surface area contributed by atoms with E-state index in [2.05, 4.69) is 36.9 Å². The van der Waals surface area contributed by atoms with Gasteiger partial charge in [0.25, 0.3) is 0 Å². The van der Waals surface area contributed by atoms with Crippen molar-refractivity contribution in [2.24, 2.45) is 5.73 Å². The van der Waals surface area contributed by atoms with Gasteiger partial charge in [-0.05, 0) is 49.9 Å². The minimum absolute atomic E-state index is 0.175. The Balaban J connectivity index is 2.31. The first kappa shape index (κ1) is 15.3. The van der Waals surface area contributed by atoms with Crippen LogP contribution in [0.2, 0.25) is 0 Å². The summed E-state index contributed by atoms with van der Waals surface area (Å²) in [5.74, 6) is 0.919. The van der Waals surface area contributed by atoms with Crippen molar-refractivity contribution in [3.8, 4) is 5.75 Å². The molecule has 0 aliphatic carbocycles. The molecule has 3 unspecified atom stereocenters. The number of likely N-dealkylation sites (tertiary alicyclic amines) is 1. The zero-order chi connectivity index (χ0) is 14.5. The van der Waals surface area contributed by atoms with Gasteiger partial charge in [0.05, 0.1) is 13.2 Å². The molecule has 1 aliphatic heterocycles. The van der Waals surface area contributed by atoms with E-state index in [9.17, 15) is 0 Å². The Bertz CT molecular complexity index is 421. The van der Waals surface area contributed by atoms with Crippen molar-refractivity contribution < 1.29 is 4.74 Å². The summed E-state index contributed by atoms with van der Waals surface area (Å²) in [5, 5.41) is 0. The van der Waals surface area contributed by atoms with E-state index >= 15 is 0 Å². The lowest BCUT2D eigenvalue weighted by Crippen LogP contribution is -2.43. The second kappa shape index (κ2) is 7.09. The first-order valence-corrected chi connectivity index (χ1v) is 7.86. The summed E-state index contributed by atoms with van der Waals surface area (Å²) in [4.78, 5) is 2.61. The highest BCUT2D eigenvalue weighted by Crippen LogP contribution is 2.34. The van der Waals surface area contributed by atoms with Gasteiger partial charge in [0.15, 0.2) is 0 Å². The van der Waals surface area contributed by atoms with E-state index in [1.165, 1.54) is 24.8 Å². The lowest BCUT2D eigenvalue weighted by molar-refractivity contribution is 0.150. The standard InChI is InChI=1S/C17H28N2O/c1-4-14-9-7-11-19(14)17(16(18)5-2)13-8-6-10-15(12-13)20-3/h6,8,10,12,14,16-17H,4-5,7,9,11,18H2,1-3H3. The molecule has 3 heteroatoms. The summed E-state index contributed by atoms with van der Waals surface area (Å²) < 4.78 is 5.37. The van der Waals surface area contributed by atoms with Gasteiger partial charge in [0, 0.05) is 12.1 Å². The van der Waals surface area contributed by atoms with Crippen molar-refractivity contribution in [2.45, 2.75) is 57.7 Å². The van der Waals surface area contributed by atoms with Crippen LogP contribution in [-0.4, -0.2) is 30.6 Å². The van der Waals surface area contributed by atoms with Gasteiger partial charge >= 0.3 is 0 Å². The van der Waals surface area contributed by atoms with Gasteiger partial charge in [-0.15, -0.1) is 0 Å². The molecular weight excluding hydrogens is 248 g/mol. The van der Waals surface area contributed by atoms with Crippen LogP contribution in [-0.2, 0) is 0 Å². The number of methoxy groups -OCH3 is 1. The molecule has 0 saturated carbocycles. The first-order chi connectivity index (χ1) is 9.71. The number of benzene rings is 1. The van der Waals surface area contributed by atoms with Crippen LogP contribution in [0, 0.1) is 0 Å². The Morgan fingerprint density at radius 2 is 2.20 bits per heavy atom. The average Bonchev–Trinajstić information content (AvgIpc) is 2.95. The number of hydrogen-bond donors (Lipinski definition) is 1. The molecule has 20 heavy (non-hydrogen) atoms. The van der Waals surface area contributed by atoms with Crippen LogP contribution in [0.25, 0.3) is 0 Å². The highest BCUT2D eigenvalue weighted by Gasteiger charge is 2.33. The molecule has 1 saturated heterocycles. The van der Waals surface area contributed by atoms with Crippen molar-refractivity contribution in [3.05, 3.63) is 29.8 Å². The molecular formula is C17H28N2O. The number of nitrogens with zero attached hydrogens (tertiary/aromatic N) is 1. The maximum Gasteiger partial charge on any atom is 0.119 e. The molecule has 112 valence electrons. The minimum atomic E-state index is 0.175. The third kappa shape index (κ3) is 3.15. The molecule has 1 heterocycles. The normalized spacial score (nSPS) is 22.7. The van der Waals surface area contributed by atoms with Gasteiger partial charge < -0.3 is 10.5 Å². The molecule has 3 atom stereocenters. The molecule has 1 aromatic rings. The number of nitrogens with two attached hydrogens (primary N) is 1. The minimum Gasteiger partial charge on any atom is -0.497 e. The number of rotatable bonds is 6. The van der Waals surface area contributed by atoms with Crippen LogP contribution in [0.4, 0.5) is 0 Å². The van der Waals surface area contributed by atoms with Gasteiger partial charge in [-0.2, -0.15) is 0 Å². The Labute approximate surface area is 123 Å². The average molecular weight is 276 g/mol. The molecule has 2 N–H and O–H groups in total. The lowest BCUT2D eigenvalue weighted by atomic mass is 9.95. The number of ether oxygens (including phenoxy) is 1. The van der Waals surface area contributed by atoms with Crippen LogP contribution >= 0.6 is 0 Å². The van der Waals surface area contributed by atoms with Crippen LogP contribution < -0.4 is 10.5 Å². The third-order valence-electron chi connectivity index (χ3n) is 4.56. The van der Waals surface area contributed by atoms with Gasteiger partial charge in [-0.1, -0.05) is 26.0 Å². The van der Waals surface area contributed by atoms with Crippen LogP contribution in [0.15, 0.2) is 24.3 Å². The maximum atomic E-state index is 6.46. The molecule has 3 nitrogen and oxygen atoms in total. The lowest BCUT2D eigenvalue weighted by Gasteiger charge is -2.36. The summed E-state index contributed by atoms with van der Waals surface area (Å²) >= 11 is 0. The van der Waals surface area contributed by atoms with Crippen molar-refractivity contribution in [3.63, 3.8) is 0 Å². The van der Waals surface area contributed by atoms with Gasteiger partial charge in [-0.3, -0.25) is 4.90 Å². The van der Waals surface area contributed by atoms with E-state index in [-0.39, 0.29) is 6.04 Å². The highest BCUT2D eigenvalue weighted by molar-refractivity contribution is 5.31. The van der Waals surface area contributed by atoms with Gasteiger partial charge in [-0.25, -0.2) is 0 Å². The molecule has 1 aromatic carbocycles. The molecule has 0 amide bonds. The quantitative estimate of drug-likeness (QED) is 0.866. The Morgan fingerprint density at radius 1 is 1.40 bits per heavy atom. The smallest absolute Gasteiger partial charge is 0.119 e. The summed E-state index contributed by atoms with van der Waals surface area (Å²) in [6.07, 6.45) is 4.79. The highest BCUT2D eigenvalue weighted by atomic mass is 16.5. The first-order valence-electron chi connectivity index (χ1n) is 7.86. The van der Waals surface area contributed by atoms with E-state index in [1.54, 1.807) is 7.11 Å². The third-order valence-corrected chi connectivity index (χ3v) is 4.56. The molecule has 0 aromatic heterocycles. The summed E-state index contributed by atoms with van der Waals surface area (Å²) in [5.41, 5.74) is 7.75. The van der Waals surface area contributed by atoms with E-state index in [4.69, 9.17) is 10.5 Å². The van der Waals surface area contributed by atoms with E-state index in [0.29, 0.717) is 12.1 Å². The zero-order valence-electron chi connectivity index (χ0n) is 13.0. The SMILES string of the molecule is CCC(N)C(c1cccc(OC)c1)N1CCCC1CC. The molecule has 0 radical (unpaired) electrons. The Hall–Kier alpha value is -1.06. The zero-order valence-corrected chi connectivity index (χ0v) is 13.0. The van der Waals surface area contributed by atoms with Crippen molar-refractivity contribution >= 4 is 0 Å². The van der Waals surface area contributed by atoms with Gasteiger partial charge in [0.1, 0.15) is 5.75 Å². The topological polar surface area (TPSA) is 38.5 Å². The largest absolute Gasteiger partial charge is 0.497 e. The van der Waals surface area contributed by atoms with E-state index in [0.717, 1.165) is 18.7 Å². The second-order valence-electron chi connectivity index (χ2n) is 5.74. The Morgan fingerprint density at radius 3 is 2.85 bits per heavy atom. The monoisotopic (exact) mass is 276 g/mol. The molecule has 0 bridgehead atoms. The van der Waals surface area contributed by atoms with Crippen LogP contribution in [0.1, 0.15) is 51.1 Å². The molecule has 1 aliphatic rings. The van der Waals surface area contributed by atoms with Gasteiger partial charge in [0.2, 0.25) is 0 Å². The van der Waals surface area contributed by atoms with E-state index in [1.807, 2.05) is 6.07 Å². The van der Waals surface area contributed by atoms with E-state index < -0.39 is 0 Å².